The van der Waals surface area contributed by atoms with Crippen molar-refractivity contribution in [2.45, 2.75) is 32.1 Å². The highest BCUT2D eigenvalue weighted by molar-refractivity contribution is 7.15. The summed E-state index contributed by atoms with van der Waals surface area (Å²) in [6, 6.07) is 0. The molecule has 2 aliphatic rings. The van der Waals surface area contributed by atoms with Crippen LogP contribution in [-0.2, 0) is 0 Å². The predicted molar refractivity (Wildman–Crippen MR) is 85.3 cm³/mol. The Morgan fingerprint density at radius 1 is 1.23 bits per heavy atom. The summed E-state index contributed by atoms with van der Waals surface area (Å²) in [5.41, 5.74) is -0.0489. The van der Waals surface area contributed by atoms with Gasteiger partial charge >= 0.3 is 0 Å². The van der Waals surface area contributed by atoms with Gasteiger partial charge in [0, 0.05) is 30.9 Å². The highest BCUT2D eigenvalue weighted by atomic mass is 32.1. The van der Waals surface area contributed by atoms with E-state index in [1.54, 1.807) is 6.20 Å². The number of hydrogen-bond acceptors (Lipinski definition) is 4. The number of likely N-dealkylation sites (tertiary alicyclic amines) is 1. The monoisotopic (exact) mass is 317 g/mol. The van der Waals surface area contributed by atoms with Crippen LogP contribution in [0.25, 0.3) is 4.96 Å². The summed E-state index contributed by atoms with van der Waals surface area (Å²) in [6.07, 6.45) is 9.32. The zero-order valence-electron chi connectivity index (χ0n) is 12.4. The number of carbonyl (C=O) groups is 1. The van der Waals surface area contributed by atoms with Crippen molar-refractivity contribution >= 4 is 22.2 Å². The average molecular weight is 317 g/mol. The van der Waals surface area contributed by atoms with E-state index in [4.69, 9.17) is 0 Å². The number of amides is 1. The first kappa shape index (κ1) is 13.9. The van der Waals surface area contributed by atoms with Gasteiger partial charge in [-0.15, -0.1) is 11.3 Å². The third-order valence-corrected chi connectivity index (χ3v) is 5.92. The lowest BCUT2D eigenvalue weighted by Crippen LogP contribution is -2.46. The second-order valence-electron chi connectivity index (χ2n) is 6.38. The highest BCUT2D eigenvalue weighted by Crippen LogP contribution is 2.36. The van der Waals surface area contributed by atoms with Gasteiger partial charge in [-0.2, -0.15) is 0 Å². The Balaban J connectivity index is 1.60. The molecule has 0 N–H and O–H groups in total. The number of fused-ring (bicyclic) bond motifs is 2. The Morgan fingerprint density at radius 3 is 2.91 bits per heavy atom. The minimum absolute atomic E-state index is 0.151. The molecule has 116 valence electrons. The van der Waals surface area contributed by atoms with E-state index < -0.39 is 0 Å². The minimum Gasteiger partial charge on any atom is -0.338 e. The van der Waals surface area contributed by atoms with Crippen LogP contribution in [0.15, 0.2) is 22.6 Å². The first-order chi connectivity index (χ1) is 10.7. The molecule has 0 radical (unpaired) electrons. The van der Waals surface area contributed by atoms with Gasteiger partial charge in [-0.1, -0.05) is 19.3 Å². The standard InChI is InChI=1S/C16H19N3O2S/c20-14(13-9-17-16-19(15(13)21)7-8-22-16)18-6-5-11-3-1-2-4-12(11)10-18/h7-9,11-12H,1-6,10H2/t11-,12+/m0/s1. The third-order valence-electron chi connectivity index (χ3n) is 5.15. The summed E-state index contributed by atoms with van der Waals surface area (Å²) in [5, 5.41) is 1.81. The molecule has 22 heavy (non-hydrogen) atoms. The molecule has 4 rings (SSSR count). The normalized spacial score (nSPS) is 25.2. The summed E-state index contributed by atoms with van der Waals surface area (Å²) < 4.78 is 1.46. The van der Waals surface area contributed by atoms with Crippen LogP contribution in [-0.4, -0.2) is 33.3 Å². The van der Waals surface area contributed by atoms with E-state index in [1.165, 1.54) is 47.6 Å². The van der Waals surface area contributed by atoms with Crippen molar-refractivity contribution in [1.29, 1.82) is 0 Å². The Hall–Kier alpha value is -1.69. The molecule has 1 aliphatic heterocycles. The zero-order valence-corrected chi connectivity index (χ0v) is 13.2. The summed E-state index contributed by atoms with van der Waals surface area (Å²) in [5.74, 6) is 1.24. The maximum atomic E-state index is 12.7. The number of rotatable bonds is 1. The van der Waals surface area contributed by atoms with E-state index in [2.05, 4.69) is 4.98 Å². The molecule has 0 unspecified atom stereocenters. The minimum atomic E-state index is -0.248. The van der Waals surface area contributed by atoms with E-state index in [-0.39, 0.29) is 17.0 Å². The first-order valence-corrected chi connectivity index (χ1v) is 8.86. The summed E-state index contributed by atoms with van der Waals surface area (Å²) in [7, 11) is 0. The van der Waals surface area contributed by atoms with Gasteiger partial charge in [0.1, 0.15) is 5.56 Å². The summed E-state index contributed by atoms with van der Waals surface area (Å²) >= 11 is 1.40. The van der Waals surface area contributed by atoms with Crippen LogP contribution in [0.4, 0.5) is 0 Å². The molecule has 2 aromatic heterocycles. The SMILES string of the molecule is O=C(c1cnc2sccn2c1=O)N1CC[C@@H]2CCCC[C@@H]2C1. The van der Waals surface area contributed by atoms with Crippen LogP contribution in [0.3, 0.4) is 0 Å². The van der Waals surface area contributed by atoms with Gasteiger partial charge in [0.15, 0.2) is 4.96 Å². The van der Waals surface area contributed by atoms with Gasteiger partial charge in [0.25, 0.3) is 11.5 Å². The van der Waals surface area contributed by atoms with Crippen molar-refractivity contribution in [3.8, 4) is 0 Å². The second kappa shape index (κ2) is 5.50. The molecule has 0 spiro atoms. The second-order valence-corrected chi connectivity index (χ2v) is 7.25. The quantitative estimate of drug-likeness (QED) is 0.811. The highest BCUT2D eigenvalue weighted by Gasteiger charge is 2.34. The molecular weight excluding hydrogens is 298 g/mol. The Bertz CT molecular complexity index is 766. The molecule has 3 heterocycles. The third kappa shape index (κ3) is 2.26. The van der Waals surface area contributed by atoms with Crippen LogP contribution in [0, 0.1) is 11.8 Å². The van der Waals surface area contributed by atoms with Gasteiger partial charge in [-0.05, 0) is 24.7 Å². The molecule has 2 fully saturated rings. The molecule has 1 amide bonds. The van der Waals surface area contributed by atoms with E-state index in [0.29, 0.717) is 10.9 Å². The van der Waals surface area contributed by atoms with Gasteiger partial charge in [-0.25, -0.2) is 4.98 Å². The molecule has 0 aromatic carbocycles. The Morgan fingerprint density at radius 2 is 2.05 bits per heavy atom. The van der Waals surface area contributed by atoms with Crippen molar-refractivity contribution < 1.29 is 4.79 Å². The number of piperidine rings is 1. The van der Waals surface area contributed by atoms with Crippen LogP contribution in [0.2, 0.25) is 0 Å². The van der Waals surface area contributed by atoms with Crippen molar-refractivity contribution in [3.05, 3.63) is 33.7 Å². The largest absolute Gasteiger partial charge is 0.338 e. The lowest BCUT2D eigenvalue weighted by molar-refractivity contribution is 0.0518. The Labute approximate surface area is 132 Å². The van der Waals surface area contributed by atoms with Crippen LogP contribution >= 0.6 is 11.3 Å². The van der Waals surface area contributed by atoms with Gasteiger partial charge in [-0.3, -0.25) is 14.0 Å². The fourth-order valence-electron chi connectivity index (χ4n) is 3.93. The zero-order chi connectivity index (χ0) is 15.1. The van der Waals surface area contributed by atoms with Crippen molar-refractivity contribution in [1.82, 2.24) is 14.3 Å². The topological polar surface area (TPSA) is 54.7 Å². The molecule has 1 aliphatic carbocycles. The maximum absolute atomic E-state index is 12.7. The maximum Gasteiger partial charge on any atom is 0.271 e. The molecule has 0 bridgehead atoms. The van der Waals surface area contributed by atoms with Crippen LogP contribution < -0.4 is 5.56 Å². The fraction of sp³-hybridized carbons (Fsp3) is 0.562. The number of nitrogens with zero attached hydrogens (tertiary/aromatic N) is 3. The molecular formula is C16H19N3O2S. The predicted octanol–water partition coefficient (Wildman–Crippen LogP) is 2.41. The van der Waals surface area contributed by atoms with Crippen LogP contribution in [0.1, 0.15) is 42.5 Å². The number of thiazole rings is 1. The van der Waals surface area contributed by atoms with Gasteiger partial charge < -0.3 is 4.90 Å². The van der Waals surface area contributed by atoms with E-state index in [1.807, 2.05) is 10.3 Å². The van der Waals surface area contributed by atoms with Crippen molar-refractivity contribution in [2.24, 2.45) is 11.8 Å². The molecule has 2 aromatic rings. The van der Waals surface area contributed by atoms with Crippen molar-refractivity contribution in [3.63, 3.8) is 0 Å². The van der Waals surface area contributed by atoms with E-state index >= 15 is 0 Å². The van der Waals surface area contributed by atoms with Crippen LogP contribution in [0.5, 0.6) is 0 Å². The molecule has 5 nitrogen and oxygen atoms in total. The smallest absolute Gasteiger partial charge is 0.271 e. The lowest BCUT2D eigenvalue weighted by Gasteiger charge is -2.41. The Kier molecular flexibility index (Phi) is 3.48. The van der Waals surface area contributed by atoms with Gasteiger partial charge in [0.2, 0.25) is 0 Å². The molecule has 6 heteroatoms. The van der Waals surface area contributed by atoms with Crippen molar-refractivity contribution in [2.75, 3.05) is 13.1 Å². The number of aromatic nitrogens is 2. The van der Waals surface area contributed by atoms with E-state index in [9.17, 15) is 9.59 Å². The lowest BCUT2D eigenvalue weighted by atomic mass is 9.75. The molecule has 1 saturated carbocycles. The van der Waals surface area contributed by atoms with E-state index in [0.717, 1.165) is 25.4 Å². The molecule has 2 atom stereocenters. The van der Waals surface area contributed by atoms with Gasteiger partial charge in [0.05, 0.1) is 0 Å². The first-order valence-electron chi connectivity index (χ1n) is 7.98. The summed E-state index contributed by atoms with van der Waals surface area (Å²) in [6.45, 7) is 1.57. The number of carbonyl (C=O) groups excluding carboxylic acids is 1. The molecule has 1 saturated heterocycles. The fourth-order valence-corrected chi connectivity index (χ4v) is 4.60. The average Bonchev–Trinajstić information content (AvgIpc) is 3.04. The summed E-state index contributed by atoms with van der Waals surface area (Å²) in [4.78, 5) is 31.9. The number of hydrogen-bond donors (Lipinski definition) is 0.